The summed E-state index contributed by atoms with van der Waals surface area (Å²) in [4.78, 5) is 44.7. The zero-order valence-corrected chi connectivity index (χ0v) is 16.9. The molecule has 2 aromatic heterocycles. The number of ether oxygens (including phenoxy) is 1. The number of ketones is 2. The maximum absolute atomic E-state index is 13.9. The molecule has 164 valence electrons. The molecule has 1 aliphatic rings. The van der Waals surface area contributed by atoms with Crippen molar-refractivity contribution in [2.45, 2.75) is 46.2 Å². The highest BCUT2D eigenvalue weighted by Gasteiger charge is 2.40. The van der Waals surface area contributed by atoms with Crippen LogP contribution in [-0.4, -0.2) is 27.5 Å². The van der Waals surface area contributed by atoms with Crippen LogP contribution in [0, 0.1) is 18.7 Å². The summed E-state index contributed by atoms with van der Waals surface area (Å²) in [6.45, 7) is 4.34. The minimum Gasteiger partial charge on any atom is -0.430 e. The van der Waals surface area contributed by atoms with E-state index in [2.05, 4.69) is 9.97 Å². The average molecular weight is 438 g/mol. The number of aromatic nitrogens is 2. The van der Waals surface area contributed by atoms with Gasteiger partial charge in [-0.2, -0.15) is 13.2 Å². The van der Waals surface area contributed by atoms with Crippen LogP contribution in [0.2, 0.25) is 0 Å². The van der Waals surface area contributed by atoms with E-state index in [4.69, 9.17) is 4.74 Å². The van der Waals surface area contributed by atoms with Crippen molar-refractivity contribution in [2.75, 3.05) is 0 Å². The van der Waals surface area contributed by atoms with Gasteiger partial charge in [0.15, 0.2) is 17.1 Å². The van der Waals surface area contributed by atoms with Gasteiger partial charge in [-0.3, -0.25) is 14.4 Å². The van der Waals surface area contributed by atoms with Crippen molar-refractivity contribution in [2.24, 2.45) is 5.92 Å². The third-order valence-corrected chi connectivity index (χ3v) is 4.73. The summed E-state index contributed by atoms with van der Waals surface area (Å²) in [5.74, 6) is -4.35. The number of Topliss-reactive ketones (excluding diaryl/α,β-unsaturated/α-hetero) is 2. The van der Waals surface area contributed by atoms with Crippen LogP contribution in [0.3, 0.4) is 0 Å². The molecule has 0 radical (unpaired) electrons. The maximum atomic E-state index is 13.9. The number of hydrogen-bond donors (Lipinski definition) is 0. The van der Waals surface area contributed by atoms with Gasteiger partial charge in [0.1, 0.15) is 17.1 Å². The Balaban J connectivity index is 2.23. The monoisotopic (exact) mass is 438 g/mol. The fourth-order valence-corrected chi connectivity index (χ4v) is 3.10. The molecule has 0 aliphatic heterocycles. The number of allylic oxidation sites excluding steroid dienone is 2. The number of carbonyl (C=O) groups is 3. The largest absolute Gasteiger partial charge is 0.434 e. The van der Waals surface area contributed by atoms with Gasteiger partial charge < -0.3 is 4.74 Å². The molecule has 0 N–H and O–H groups in total. The Morgan fingerprint density at radius 3 is 2.42 bits per heavy atom. The van der Waals surface area contributed by atoms with Crippen molar-refractivity contribution in [1.29, 1.82) is 0 Å². The van der Waals surface area contributed by atoms with Crippen molar-refractivity contribution in [1.82, 2.24) is 9.97 Å². The summed E-state index contributed by atoms with van der Waals surface area (Å²) in [6.07, 6.45) is -4.80. The number of halogens is 4. The van der Waals surface area contributed by atoms with E-state index in [1.165, 1.54) is 20.8 Å². The summed E-state index contributed by atoms with van der Waals surface area (Å²) in [5, 5.41) is -0.135. The minimum atomic E-state index is -5.05. The quantitative estimate of drug-likeness (QED) is 0.303. The molecule has 0 aromatic carbocycles. The SMILES string of the molecule is Cc1nc2nc(C(F)(F)F)c(C(=O)C3=C(OC(=O)C(C)C)CCCC3=O)cc2cc1F. The fourth-order valence-electron chi connectivity index (χ4n) is 3.10. The molecule has 31 heavy (non-hydrogen) atoms. The van der Waals surface area contributed by atoms with Gasteiger partial charge in [0.2, 0.25) is 5.78 Å². The molecule has 0 saturated heterocycles. The number of pyridine rings is 2. The van der Waals surface area contributed by atoms with Gasteiger partial charge in [0, 0.05) is 18.2 Å². The molecule has 1 aliphatic carbocycles. The molecule has 2 aromatic rings. The van der Waals surface area contributed by atoms with Crippen molar-refractivity contribution in [3.8, 4) is 0 Å². The first-order chi connectivity index (χ1) is 14.4. The van der Waals surface area contributed by atoms with Gasteiger partial charge in [-0.05, 0) is 25.5 Å². The van der Waals surface area contributed by atoms with E-state index >= 15 is 0 Å². The first kappa shape index (κ1) is 22.5. The van der Waals surface area contributed by atoms with Gasteiger partial charge in [0.25, 0.3) is 0 Å². The standard InChI is InChI=1S/C21H18F4N2O4/c1-9(2)20(30)31-15-6-4-5-14(28)16(15)17(29)12-7-11-8-13(22)10(3)26-19(11)27-18(12)21(23,24)25/h7-9H,4-6H2,1-3H3. The van der Waals surface area contributed by atoms with Gasteiger partial charge >= 0.3 is 12.1 Å². The molecule has 0 saturated carbocycles. The summed E-state index contributed by atoms with van der Waals surface area (Å²) in [5.41, 5.74) is -3.65. The van der Waals surface area contributed by atoms with Crippen LogP contribution < -0.4 is 0 Å². The topological polar surface area (TPSA) is 86.2 Å². The number of fused-ring (bicyclic) bond motifs is 1. The van der Waals surface area contributed by atoms with Crippen molar-refractivity contribution in [3.63, 3.8) is 0 Å². The molecule has 0 fully saturated rings. The Labute approximate surface area is 174 Å². The molecule has 0 unspecified atom stereocenters. The summed E-state index contributed by atoms with van der Waals surface area (Å²) in [7, 11) is 0. The summed E-state index contributed by atoms with van der Waals surface area (Å²) in [6, 6.07) is 1.72. The lowest BCUT2D eigenvalue weighted by molar-refractivity contribution is -0.144. The first-order valence-corrected chi connectivity index (χ1v) is 9.48. The lowest BCUT2D eigenvalue weighted by Crippen LogP contribution is -2.25. The van der Waals surface area contributed by atoms with Crippen LogP contribution >= 0.6 is 0 Å². The first-order valence-electron chi connectivity index (χ1n) is 9.48. The van der Waals surface area contributed by atoms with E-state index in [9.17, 15) is 31.9 Å². The Morgan fingerprint density at radius 1 is 1.13 bits per heavy atom. The highest BCUT2D eigenvalue weighted by molar-refractivity contribution is 6.27. The number of nitrogens with zero attached hydrogens (tertiary/aromatic N) is 2. The van der Waals surface area contributed by atoms with E-state index in [0.29, 0.717) is 0 Å². The molecule has 0 bridgehead atoms. The number of alkyl halides is 3. The smallest absolute Gasteiger partial charge is 0.430 e. The van der Waals surface area contributed by atoms with Crippen LogP contribution in [-0.2, 0) is 20.5 Å². The lowest BCUT2D eigenvalue weighted by Gasteiger charge is -2.20. The molecule has 3 rings (SSSR count). The summed E-state index contributed by atoms with van der Waals surface area (Å²) < 4.78 is 60.1. The number of rotatable bonds is 4. The van der Waals surface area contributed by atoms with Gasteiger partial charge in [0.05, 0.1) is 17.2 Å². The predicted molar refractivity (Wildman–Crippen MR) is 100 cm³/mol. The molecule has 10 heteroatoms. The highest BCUT2D eigenvalue weighted by Crippen LogP contribution is 2.35. The molecule has 0 amide bonds. The number of carbonyl (C=O) groups excluding carboxylic acids is 3. The van der Waals surface area contributed by atoms with Gasteiger partial charge in [-0.25, -0.2) is 14.4 Å². The van der Waals surface area contributed by atoms with Crippen LogP contribution in [0.5, 0.6) is 0 Å². The fraction of sp³-hybridized carbons (Fsp3) is 0.381. The molecule has 0 atom stereocenters. The van der Waals surface area contributed by atoms with Crippen LogP contribution in [0.1, 0.15) is 54.9 Å². The third kappa shape index (κ3) is 4.47. The van der Waals surface area contributed by atoms with Gasteiger partial charge in [-0.1, -0.05) is 13.8 Å². The zero-order valence-electron chi connectivity index (χ0n) is 16.9. The zero-order chi connectivity index (χ0) is 23.1. The van der Waals surface area contributed by atoms with E-state index < -0.39 is 57.9 Å². The molecular weight excluding hydrogens is 420 g/mol. The van der Waals surface area contributed by atoms with Crippen molar-refractivity contribution >= 4 is 28.6 Å². The van der Waals surface area contributed by atoms with Crippen LogP contribution in [0.25, 0.3) is 11.0 Å². The van der Waals surface area contributed by atoms with E-state index in [0.717, 1.165) is 12.1 Å². The van der Waals surface area contributed by atoms with Gasteiger partial charge in [-0.15, -0.1) is 0 Å². The van der Waals surface area contributed by atoms with Crippen LogP contribution in [0.15, 0.2) is 23.5 Å². The molecule has 6 nitrogen and oxygen atoms in total. The number of hydrogen-bond acceptors (Lipinski definition) is 6. The Bertz CT molecular complexity index is 1140. The second kappa shape index (κ2) is 8.16. The average Bonchev–Trinajstić information content (AvgIpc) is 2.67. The Morgan fingerprint density at radius 2 is 1.81 bits per heavy atom. The normalized spacial score (nSPS) is 15.0. The maximum Gasteiger partial charge on any atom is 0.434 e. The highest BCUT2D eigenvalue weighted by atomic mass is 19.4. The van der Waals surface area contributed by atoms with E-state index in [1.54, 1.807) is 0 Å². The second-order valence-corrected chi connectivity index (χ2v) is 7.46. The Kier molecular flexibility index (Phi) is 5.93. The third-order valence-electron chi connectivity index (χ3n) is 4.73. The molecule has 0 spiro atoms. The number of aryl methyl sites for hydroxylation is 1. The summed E-state index contributed by atoms with van der Waals surface area (Å²) >= 11 is 0. The Hall–Kier alpha value is -3.17. The second-order valence-electron chi connectivity index (χ2n) is 7.46. The molecular formula is C21H18F4N2O4. The van der Waals surface area contributed by atoms with E-state index in [-0.39, 0.29) is 36.1 Å². The van der Waals surface area contributed by atoms with Crippen molar-refractivity contribution < 1.29 is 36.7 Å². The number of esters is 1. The van der Waals surface area contributed by atoms with E-state index in [1.807, 2.05) is 0 Å². The lowest BCUT2D eigenvalue weighted by atomic mass is 9.89. The minimum absolute atomic E-state index is 0.0447. The van der Waals surface area contributed by atoms with Crippen molar-refractivity contribution in [3.05, 3.63) is 46.2 Å². The predicted octanol–water partition coefficient (Wildman–Crippen LogP) is 4.49. The molecule has 2 heterocycles. The van der Waals surface area contributed by atoms with Crippen LogP contribution in [0.4, 0.5) is 17.6 Å².